The molecule has 0 rings (SSSR count). The summed E-state index contributed by atoms with van der Waals surface area (Å²) in [6.45, 7) is 19.7. The lowest BCUT2D eigenvalue weighted by Crippen LogP contribution is -1.85. The molecule has 0 aliphatic heterocycles. The first-order chi connectivity index (χ1) is 9.40. The molecule has 0 aliphatic rings. The van der Waals surface area contributed by atoms with Gasteiger partial charge in [0.2, 0.25) is 0 Å². The topological polar surface area (TPSA) is 12.4 Å². The standard InChI is InChI=1S/C19H27N/c1-8-18(19(9-2)14-20-16(5)6)13-12-17(7)11-10-15(3)4/h8-9,12-14H,1-3,10-11H2,4-7H3/b17-12+,18-13+,19-14+. The molecule has 0 aromatic rings. The molecule has 1 heteroatoms. The van der Waals surface area contributed by atoms with Gasteiger partial charge in [-0.25, -0.2) is 0 Å². The second-order valence-electron chi connectivity index (χ2n) is 5.16. The van der Waals surface area contributed by atoms with Gasteiger partial charge in [0.1, 0.15) is 0 Å². The van der Waals surface area contributed by atoms with Crippen LogP contribution in [0.25, 0.3) is 0 Å². The van der Waals surface area contributed by atoms with Crippen molar-refractivity contribution in [1.82, 2.24) is 0 Å². The van der Waals surface area contributed by atoms with Gasteiger partial charge in [-0.15, -0.1) is 6.58 Å². The van der Waals surface area contributed by atoms with E-state index in [1.54, 1.807) is 6.08 Å². The van der Waals surface area contributed by atoms with Crippen LogP contribution in [0.1, 0.15) is 40.5 Å². The van der Waals surface area contributed by atoms with Crippen LogP contribution in [-0.2, 0) is 0 Å². The average Bonchev–Trinajstić information content (AvgIpc) is 2.39. The Hall–Kier alpha value is -1.89. The summed E-state index contributed by atoms with van der Waals surface area (Å²) in [6, 6.07) is 0. The molecule has 108 valence electrons. The molecule has 0 aliphatic carbocycles. The van der Waals surface area contributed by atoms with Crippen molar-refractivity contribution in [2.45, 2.75) is 40.5 Å². The predicted molar refractivity (Wildman–Crippen MR) is 93.1 cm³/mol. The summed E-state index contributed by atoms with van der Waals surface area (Å²) in [5.41, 5.74) is 5.56. The molecule has 0 aromatic heterocycles. The maximum Gasteiger partial charge on any atom is 0.0345 e. The minimum atomic E-state index is 0.977. The second kappa shape index (κ2) is 9.96. The highest BCUT2D eigenvalue weighted by atomic mass is 14.7. The molecule has 0 fully saturated rings. The Kier molecular flexibility index (Phi) is 9.02. The molecule has 0 bridgehead atoms. The lowest BCUT2D eigenvalue weighted by atomic mass is 10.0. The van der Waals surface area contributed by atoms with Gasteiger partial charge in [-0.05, 0) is 51.7 Å². The van der Waals surface area contributed by atoms with Gasteiger partial charge in [0.15, 0.2) is 0 Å². The maximum absolute atomic E-state index is 4.31. The van der Waals surface area contributed by atoms with Gasteiger partial charge >= 0.3 is 0 Å². The van der Waals surface area contributed by atoms with E-state index in [4.69, 9.17) is 0 Å². The third-order valence-electron chi connectivity index (χ3n) is 2.73. The van der Waals surface area contributed by atoms with Gasteiger partial charge in [0.25, 0.3) is 0 Å². The van der Waals surface area contributed by atoms with E-state index in [-0.39, 0.29) is 0 Å². The van der Waals surface area contributed by atoms with Crippen molar-refractivity contribution in [3.05, 3.63) is 72.5 Å². The molecular weight excluding hydrogens is 242 g/mol. The average molecular weight is 269 g/mol. The molecule has 0 atom stereocenters. The molecule has 0 heterocycles. The van der Waals surface area contributed by atoms with Crippen LogP contribution in [0.15, 0.2) is 77.5 Å². The highest BCUT2D eigenvalue weighted by Crippen LogP contribution is 2.15. The molecule has 0 N–H and O–H groups in total. The summed E-state index contributed by atoms with van der Waals surface area (Å²) in [7, 11) is 0. The maximum atomic E-state index is 4.31. The van der Waals surface area contributed by atoms with Crippen LogP contribution in [0.4, 0.5) is 0 Å². The first-order valence-corrected chi connectivity index (χ1v) is 6.89. The van der Waals surface area contributed by atoms with Gasteiger partial charge in [-0.1, -0.05) is 48.6 Å². The lowest BCUT2D eigenvalue weighted by molar-refractivity contribution is 0.928. The number of hydrogen-bond acceptors (Lipinski definition) is 1. The van der Waals surface area contributed by atoms with E-state index >= 15 is 0 Å². The zero-order chi connectivity index (χ0) is 15.5. The van der Waals surface area contributed by atoms with Crippen molar-refractivity contribution >= 4 is 5.71 Å². The van der Waals surface area contributed by atoms with Crippen LogP contribution in [0, 0.1) is 0 Å². The fourth-order valence-electron chi connectivity index (χ4n) is 1.45. The van der Waals surface area contributed by atoms with Crippen molar-refractivity contribution in [1.29, 1.82) is 0 Å². The Balaban J connectivity index is 5.09. The van der Waals surface area contributed by atoms with E-state index in [9.17, 15) is 0 Å². The van der Waals surface area contributed by atoms with Gasteiger partial charge in [-0.2, -0.15) is 0 Å². The first-order valence-electron chi connectivity index (χ1n) is 6.89. The number of rotatable bonds is 8. The highest BCUT2D eigenvalue weighted by molar-refractivity contribution is 5.79. The Morgan fingerprint density at radius 1 is 0.900 bits per heavy atom. The van der Waals surface area contributed by atoms with Crippen LogP contribution in [0.2, 0.25) is 0 Å². The fraction of sp³-hybridized carbons (Fsp3) is 0.316. The molecule has 0 saturated carbocycles. The van der Waals surface area contributed by atoms with Crippen molar-refractivity contribution in [2.75, 3.05) is 0 Å². The summed E-state index contributed by atoms with van der Waals surface area (Å²) >= 11 is 0. The Bertz CT molecular complexity index is 478. The molecule has 1 nitrogen and oxygen atoms in total. The molecule has 0 amide bonds. The van der Waals surface area contributed by atoms with Crippen molar-refractivity contribution < 1.29 is 0 Å². The summed E-state index contributed by atoms with van der Waals surface area (Å²) in [6.07, 6.45) is 11.7. The predicted octanol–water partition coefficient (Wildman–Crippen LogP) is 5.95. The SMILES string of the molecule is C=CC(=C\C=C(/C)CCC(=C)C)/C(C=C)=C/N=C(C)C. The van der Waals surface area contributed by atoms with Crippen molar-refractivity contribution in [2.24, 2.45) is 4.99 Å². The van der Waals surface area contributed by atoms with Crippen LogP contribution >= 0.6 is 0 Å². The molecule has 0 aromatic carbocycles. The molecule has 20 heavy (non-hydrogen) atoms. The lowest BCUT2D eigenvalue weighted by Gasteiger charge is -2.03. The monoisotopic (exact) mass is 269 g/mol. The smallest absolute Gasteiger partial charge is 0.0345 e. The van der Waals surface area contributed by atoms with Crippen LogP contribution < -0.4 is 0 Å². The Morgan fingerprint density at radius 2 is 1.50 bits per heavy atom. The van der Waals surface area contributed by atoms with E-state index in [1.165, 1.54) is 11.1 Å². The minimum Gasteiger partial charge on any atom is -0.266 e. The number of allylic oxidation sites excluding steroid dienone is 8. The molecule has 0 unspecified atom stereocenters. The van der Waals surface area contributed by atoms with E-state index in [1.807, 2.05) is 26.1 Å². The van der Waals surface area contributed by atoms with E-state index in [0.29, 0.717) is 0 Å². The van der Waals surface area contributed by atoms with Gasteiger partial charge in [0.05, 0.1) is 0 Å². The van der Waals surface area contributed by atoms with Gasteiger partial charge < -0.3 is 0 Å². The minimum absolute atomic E-state index is 0.977. The van der Waals surface area contributed by atoms with Gasteiger partial charge in [-0.3, -0.25) is 4.99 Å². The molecule has 0 saturated heterocycles. The van der Waals surface area contributed by atoms with Crippen LogP contribution in [0.3, 0.4) is 0 Å². The van der Waals surface area contributed by atoms with E-state index < -0.39 is 0 Å². The fourth-order valence-corrected chi connectivity index (χ4v) is 1.45. The summed E-state index contributed by atoms with van der Waals surface area (Å²) < 4.78 is 0. The van der Waals surface area contributed by atoms with E-state index in [0.717, 1.165) is 29.7 Å². The van der Waals surface area contributed by atoms with Crippen LogP contribution in [0.5, 0.6) is 0 Å². The summed E-state index contributed by atoms with van der Waals surface area (Å²) in [5.74, 6) is 0. The zero-order valence-corrected chi connectivity index (χ0v) is 13.4. The molecule has 0 spiro atoms. The number of aliphatic imine (C=N–C) groups is 1. The number of nitrogens with zero attached hydrogens (tertiary/aromatic N) is 1. The van der Waals surface area contributed by atoms with Crippen molar-refractivity contribution in [3.8, 4) is 0 Å². The molecular formula is C19H27N. The van der Waals surface area contributed by atoms with Crippen molar-refractivity contribution in [3.63, 3.8) is 0 Å². The Labute approximate surface area is 124 Å². The summed E-state index contributed by atoms with van der Waals surface area (Å²) in [4.78, 5) is 4.31. The second-order valence-corrected chi connectivity index (χ2v) is 5.16. The summed E-state index contributed by atoms with van der Waals surface area (Å²) in [5, 5.41) is 0. The normalized spacial score (nSPS) is 12.9. The first kappa shape index (κ1) is 18.1. The third-order valence-corrected chi connectivity index (χ3v) is 2.73. The number of hydrogen-bond donors (Lipinski definition) is 0. The van der Waals surface area contributed by atoms with Crippen LogP contribution in [-0.4, -0.2) is 5.71 Å². The zero-order valence-electron chi connectivity index (χ0n) is 13.4. The largest absolute Gasteiger partial charge is 0.266 e. The van der Waals surface area contributed by atoms with E-state index in [2.05, 4.69) is 50.7 Å². The third kappa shape index (κ3) is 8.25. The quantitative estimate of drug-likeness (QED) is 0.293. The van der Waals surface area contributed by atoms with Gasteiger partial charge in [0, 0.05) is 11.9 Å². The molecule has 0 radical (unpaired) electrons. The Morgan fingerprint density at radius 3 is 1.95 bits per heavy atom. The highest BCUT2D eigenvalue weighted by Gasteiger charge is 1.96.